The van der Waals surface area contributed by atoms with Gasteiger partial charge in [-0.05, 0) is 77.0 Å². The van der Waals surface area contributed by atoms with Crippen LogP contribution in [0.4, 0.5) is 0 Å². The zero-order valence-corrected chi connectivity index (χ0v) is 34.2. The maximum atomic E-state index is 12.7. The molecule has 0 rings (SSSR count). The summed E-state index contributed by atoms with van der Waals surface area (Å²) in [6, 6.07) is 0. The average Bonchev–Trinajstić information content (AvgIpc) is 3.17. The van der Waals surface area contributed by atoms with E-state index < -0.39 is 12.1 Å². The van der Waals surface area contributed by atoms with Gasteiger partial charge < -0.3 is 14.2 Å². The molecule has 1 atom stereocenters. The van der Waals surface area contributed by atoms with Crippen LogP contribution in [-0.2, 0) is 28.6 Å². The molecular formula is C48H74O6. The van der Waals surface area contributed by atoms with Crippen LogP contribution in [-0.4, -0.2) is 37.2 Å². The van der Waals surface area contributed by atoms with E-state index in [0.29, 0.717) is 6.42 Å². The number of allylic oxidation sites excluding steroid dienone is 17. The molecule has 0 spiro atoms. The molecule has 0 aromatic carbocycles. The summed E-state index contributed by atoms with van der Waals surface area (Å²) in [6.07, 6.45) is 55.3. The molecule has 302 valence electrons. The normalized spacial score (nSPS) is 13.2. The van der Waals surface area contributed by atoms with E-state index >= 15 is 0 Å². The van der Waals surface area contributed by atoms with Crippen LogP contribution in [0, 0.1) is 0 Å². The molecular weight excluding hydrogens is 673 g/mol. The fourth-order valence-electron chi connectivity index (χ4n) is 5.08. The molecule has 0 aromatic rings. The summed E-state index contributed by atoms with van der Waals surface area (Å²) in [5, 5.41) is 0. The van der Waals surface area contributed by atoms with Crippen molar-refractivity contribution in [1.82, 2.24) is 0 Å². The van der Waals surface area contributed by atoms with E-state index in [1.54, 1.807) is 6.08 Å². The van der Waals surface area contributed by atoms with Crippen LogP contribution in [0.1, 0.15) is 156 Å². The van der Waals surface area contributed by atoms with Gasteiger partial charge in [-0.25, -0.2) is 0 Å². The van der Waals surface area contributed by atoms with E-state index in [2.05, 4.69) is 93.7 Å². The zero-order valence-electron chi connectivity index (χ0n) is 34.2. The Morgan fingerprint density at radius 3 is 1.43 bits per heavy atom. The van der Waals surface area contributed by atoms with Crippen LogP contribution in [0.25, 0.3) is 0 Å². The SMILES string of the molecule is CC\C=C/C=C\C=C/C=C\CCCCCCCC(=O)OCC(COC(=O)C/C=C\C/C=C\C/C=C\CC)OC(=O)CCCCCCC/C=C\C/C=C\CC. The monoisotopic (exact) mass is 747 g/mol. The lowest BCUT2D eigenvalue weighted by atomic mass is 10.1. The molecule has 0 aliphatic carbocycles. The van der Waals surface area contributed by atoms with Crippen molar-refractivity contribution in [1.29, 1.82) is 0 Å². The number of esters is 3. The van der Waals surface area contributed by atoms with Crippen molar-refractivity contribution in [3.05, 3.63) is 109 Å². The van der Waals surface area contributed by atoms with Crippen molar-refractivity contribution >= 4 is 17.9 Å². The van der Waals surface area contributed by atoms with Gasteiger partial charge in [-0.15, -0.1) is 0 Å². The quantitative estimate of drug-likeness (QED) is 0.0211. The van der Waals surface area contributed by atoms with Gasteiger partial charge in [0.1, 0.15) is 13.2 Å². The fourth-order valence-corrected chi connectivity index (χ4v) is 5.08. The Labute approximate surface area is 330 Å². The fraction of sp³-hybridized carbons (Fsp3) is 0.562. The van der Waals surface area contributed by atoms with Gasteiger partial charge in [-0.1, -0.05) is 169 Å². The third kappa shape index (κ3) is 39.3. The van der Waals surface area contributed by atoms with Crippen molar-refractivity contribution in [3.63, 3.8) is 0 Å². The second-order valence-electron chi connectivity index (χ2n) is 13.2. The molecule has 0 bridgehead atoms. The summed E-state index contributed by atoms with van der Waals surface area (Å²) < 4.78 is 16.5. The van der Waals surface area contributed by atoms with Crippen LogP contribution in [0.2, 0.25) is 0 Å². The largest absolute Gasteiger partial charge is 0.462 e. The molecule has 6 heteroatoms. The topological polar surface area (TPSA) is 78.9 Å². The standard InChI is InChI=1S/C48H74O6/c1-4-7-10-13-16-19-21-23-24-25-27-29-32-35-38-41-47(50)53-44-45(43-52-46(49)40-37-34-31-28-18-15-12-9-6-3)54-48(51)42-39-36-33-30-26-22-20-17-14-11-8-5-2/h7-13,16-21,23-24,28,34,37,45H,4-6,14-15,22,25-27,29-33,35-36,38-44H2,1-3H3/b10-7-,11-8-,12-9-,16-13-,20-17-,21-19-,24-23-,28-18-,37-34-. The van der Waals surface area contributed by atoms with E-state index in [1.807, 2.05) is 30.4 Å². The predicted molar refractivity (Wildman–Crippen MR) is 228 cm³/mol. The zero-order chi connectivity index (χ0) is 39.4. The number of carbonyl (C=O) groups is 3. The molecule has 0 aromatic heterocycles. The Kier molecular flexibility index (Phi) is 38.8. The Balaban J connectivity index is 4.53. The number of hydrogen-bond acceptors (Lipinski definition) is 6. The van der Waals surface area contributed by atoms with E-state index in [-0.39, 0.29) is 38.0 Å². The number of hydrogen-bond donors (Lipinski definition) is 0. The minimum Gasteiger partial charge on any atom is -0.462 e. The van der Waals surface area contributed by atoms with Gasteiger partial charge in [-0.2, -0.15) is 0 Å². The number of unbranched alkanes of at least 4 members (excludes halogenated alkanes) is 10. The Morgan fingerprint density at radius 1 is 0.407 bits per heavy atom. The number of ether oxygens (including phenoxy) is 3. The number of rotatable bonds is 35. The van der Waals surface area contributed by atoms with Crippen molar-refractivity contribution in [2.75, 3.05) is 13.2 Å². The first-order valence-corrected chi connectivity index (χ1v) is 20.9. The van der Waals surface area contributed by atoms with E-state index in [1.165, 1.54) is 0 Å². The summed E-state index contributed by atoms with van der Waals surface area (Å²) in [4.78, 5) is 37.5. The summed E-state index contributed by atoms with van der Waals surface area (Å²) >= 11 is 0. The molecule has 0 radical (unpaired) electrons. The third-order valence-electron chi connectivity index (χ3n) is 8.13. The Morgan fingerprint density at radius 2 is 0.833 bits per heavy atom. The van der Waals surface area contributed by atoms with Crippen molar-refractivity contribution in [3.8, 4) is 0 Å². The maximum Gasteiger partial charge on any atom is 0.309 e. The first-order valence-electron chi connectivity index (χ1n) is 20.9. The van der Waals surface area contributed by atoms with Crippen LogP contribution in [0.3, 0.4) is 0 Å². The van der Waals surface area contributed by atoms with Crippen LogP contribution in [0.5, 0.6) is 0 Å². The van der Waals surface area contributed by atoms with Crippen molar-refractivity contribution < 1.29 is 28.6 Å². The highest BCUT2D eigenvalue weighted by Crippen LogP contribution is 2.11. The number of carbonyl (C=O) groups excluding carboxylic acids is 3. The van der Waals surface area contributed by atoms with Crippen molar-refractivity contribution in [2.45, 2.75) is 162 Å². The average molecular weight is 747 g/mol. The highest BCUT2D eigenvalue weighted by Gasteiger charge is 2.19. The van der Waals surface area contributed by atoms with Crippen LogP contribution in [0.15, 0.2) is 109 Å². The van der Waals surface area contributed by atoms with E-state index in [0.717, 1.165) is 116 Å². The minimum absolute atomic E-state index is 0.123. The van der Waals surface area contributed by atoms with Crippen molar-refractivity contribution in [2.24, 2.45) is 0 Å². The molecule has 0 heterocycles. The second kappa shape index (κ2) is 41.8. The molecule has 6 nitrogen and oxygen atoms in total. The molecule has 0 fully saturated rings. The summed E-state index contributed by atoms with van der Waals surface area (Å²) in [5.41, 5.74) is 0. The molecule has 0 aliphatic heterocycles. The summed E-state index contributed by atoms with van der Waals surface area (Å²) in [7, 11) is 0. The lowest BCUT2D eigenvalue weighted by Gasteiger charge is -2.18. The molecule has 0 amide bonds. The smallest absolute Gasteiger partial charge is 0.309 e. The van der Waals surface area contributed by atoms with Gasteiger partial charge in [0.05, 0.1) is 6.42 Å². The summed E-state index contributed by atoms with van der Waals surface area (Å²) in [6.45, 7) is 6.09. The predicted octanol–water partition coefficient (Wildman–Crippen LogP) is 13.2. The third-order valence-corrected chi connectivity index (χ3v) is 8.13. The van der Waals surface area contributed by atoms with Gasteiger partial charge in [0.15, 0.2) is 6.10 Å². The van der Waals surface area contributed by atoms with Gasteiger partial charge in [0.25, 0.3) is 0 Å². The molecule has 54 heavy (non-hydrogen) atoms. The molecule has 1 unspecified atom stereocenters. The van der Waals surface area contributed by atoms with Gasteiger partial charge in [-0.3, -0.25) is 14.4 Å². The molecule has 0 aliphatic rings. The molecule has 0 saturated carbocycles. The minimum atomic E-state index is -0.829. The Bertz CT molecular complexity index is 1180. The van der Waals surface area contributed by atoms with Gasteiger partial charge in [0.2, 0.25) is 0 Å². The summed E-state index contributed by atoms with van der Waals surface area (Å²) in [5.74, 6) is -1.11. The van der Waals surface area contributed by atoms with Crippen LogP contribution >= 0.6 is 0 Å². The van der Waals surface area contributed by atoms with Gasteiger partial charge >= 0.3 is 17.9 Å². The van der Waals surface area contributed by atoms with E-state index in [4.69, 9.17) is 14.2 Å². The molecule has 0 saturated heterocycles. The first kappa shape index (κ1) is 50.1. The second-order valence-corrected chi connectivity index (χ2v) is 13.2. The highest BCUT2D eigenvalue weighted by molar-refractivity contribution is 5.72. The maximum absolute atomic E-state index is 12.7. The highest BCUT2D eigenvalue weighted by atomic mass is 16.6. The first-order chi connectivity index (χ1) is 26.5. The van der Waals surface area contributed by atoms with Crippen LogP contribution < -0.4 is 0 Å². The lowest BCUT2D eigenvalue weighted by molar-refractivity contribution is -0.166. The Hall–Kier alpha value is -3.93. The molecule has 0 N–H and O–H groups in total. The van der Waals surface area contributed by atoms with Gasteiger partial charge in [0, 0.05) is 12.8 Å². The van der Waals surface area contributed by atoms with E-state index in [9.17, 15) is 14.4 Å². The lowest BCUT2D eigenvalue weighted by Crippen LogP contribution is -2.30.